The van der Waals surface area contributed by atoms with Crippen LogP contribution in [0.25, 0.3) is 0 Å². The molecule has 3 N–H and O–H groups in total. The maximum atomic E-state index is 10.9. The zero-order valence-electron chi connectivity index (χ0n) is 16.7. The van der Waals surface area contributed by atoms with Gasteiger partial charge < -0.3 is 24.8 Å². The van der Waals surface area contributed by atoms with Crippen LogP contribution in [0.5, 0.6) is 0 Å². The molecular formula is C18H25NO11. The monoisotopic (exact) mass is 431 g/mol. The van der Waals surface area contributed by atoms with Crippen molar-refractivity contribution >= 4 is 23.9 Å². The zero-order chi connectivity index (χ0) is 24.5. The number of carbonyl (C=O) groups excluding carboxylic acids is 2. The molecule has 0 fully saturated rings. The lowest BCUT2D eigenvalue weighted by Crippen LogP contribution is -2.51. The molecule has 0 aromatic rings. The number of carbonyl (C=O) groups is 4. The quantitative estimate of drug-likeness (QED) is 0.191. The SMILES string of the molecule is C=C(C)C(=O)O.C=C(C)C(=O)O.C=CC(=O)OCC(CO)(COC(=O)C=C)[N+](=O)[O-]. The van der Waals surface area contributed by atoms with Crippen molar-refractivity contribution in [2.24, 2.45) is 0 Å². The third-order valence-corrected chi connectivity index (χ3v) is 2.71. The summed E-state index contributed by atoms with van der Waals surface area (Å²) in [5.41, 5.74) is -1.75. The number of aliphatic hydroxyl groups excluding tert-OH is 1. The van der Waals surface area contributed by atoms with E-state index < -0.39 is 54.2 Å². The van der Waals surface area contributed by atoms with Crippen molar-refractivity contribution in [3.8, 4) is 0 Å². The van der Waals surface area contributed by atoms with Gasteiger partial charge in [-0.25, -0.2) is 19.2 Å². The Kier molecular flexibility index (Phi) is 16.7. The smallest absolute Gasteiger partial charge is 0.330 e. The number of hydrogen-bond acceptors (Lipinski definition) is 9. The first-order valence-electron chi connectivity index (χ1n) is 7.82. The van der Waals surface area contributed by atoms with E-state index in [1.807, 2.05) is 0 Å². The van der Waals surface area contributed by atoms with Crippen molar-refractivity contribution in [2.75, 3.05) is 19.8 Å². The first kappa shape index (κ1) is 30.9. The molecule has 0 aliphatic heterocycles. The van der Waals surface area contributed by atoms with Crippen LogP contribution < -0.4 is 0 Å². The lowest BCUT2D eigenvalue weighted by atomic mass is 10.1. The fraction of sp³-hybridized carbons (Fsp3) is 0.333. The highest BCUT2D eigenvalue weighted by molar-refractivity contribution is 5.85. The molecule has 30 heavy (non-hydrogen) atoms. The van der Waals surface area contributed by atoms with Gasteiger partial charge in [0.2, 0.25) is 0 Å². The van der Waals surface area contributed by atoms with Crippen molar-refractivity contribution in [3.05, 3.63) is 59.7 Å². The summed E-state index contributed by atoms with van der Waals surface area (Å²) in [7, 11) is 0. The van der Waals surface area contributed by atoms with Crippen molar-refractivity contribution in [1.82, 2.24) is 0 Å². The summed E-state index contributed by atoms with van der Waals surface area (Å²) in [4.78, 5) is 50.8. The van der Waals surface area contributed by atoms with Gasteiger partial charge in [-0.2, -0.15) is 0 Å². The van der Waals surface area contributed by atoms with Crippen LogP contribution in [-0.2, 0) is 28.7 Å². The molecule has 0 saturated carbocycles. The minimum absolute atomic E-state index is 0.176. The molecule has 0 amide bonds. The largest absolute Gasteiger partial charge is 0.478 e. The average molecular weight is 431 g/mol. The number of nitro groups is 1. The van der Waals surface area contributed by atoms with Gasteiger partial charge in [0.05, 0.1) is 0 Å². The summed E-state index contributed by atoms with van der Waals surface area (Å²) in [6, 6.07) is 0. The summed E-state index contributed by atoms with van der Waals surface area (Å²) < 4.78 is 9.00. The van der Waals surface area contributed by atoms with Crippen molar-refractivity contribution in [2.45, 2.75) is 19.4 Å². The minimum Gasteiger partial charge on any atom is -0.478 e. The summed E-state index contributed by atoms with van der Waals surface area (Å²) in [6.07, 6.45) is 1.63. The van der Waals surface area contributed by atoms with E-state index >= 15 is 0 Å². The summed E-state index contributed by atoms with van der Waals surface area (Å²) in [5.74, 6) is -3.64. The number of hydrogen-bond donors (Lipinski definition) is 3. The van der Waals surface area contributed by atoms with Gasteiger partial charge in [-0.05, 0) is 13.8 Å². The van der Waals surface area contributed by atoms with Gasteiger partial charge in [-0.3, -0.25) is 10.1 Å². The van der Waals surface area contributed by atoms with Gasteiger partial charge in [0, 0.05) is 28.2 Å². The molecule has 0 spiro atoms. The molecular weight excluding hydrogens is 406 g/mol. The predicted molar refractivity (Wildman–Crippen MR) is 104 cm³/mol. The van der Waals surface area contributed by atoms with Gasteiger partial charge in [-0.1, -0.05) is 26.3 Å². The normalized spacial score (nSPS) is 9.17. The van der Waals surface area contributed by atoms with Crippen LogP contribution in [0.15, 0.2) is 49.6 Å². The standard InChI is InChI=1S/C10H13NO7.2C4H6O2/c1-3-8(13)17-6-10(5-12,11(15)16)7-18-9(14)4-2;2*1-3(2)4(5)6/h3-4,12H,1-2,5-7H2;2*1H2,2H3,(H,5,6). The second-order valence-corrected chi connectivity index (χ2v) is 5.43. The van der Waals surface area contributed by atoms with Crippen LogP contribution in [0.4, 0.5) is 0 Å². The van der Waals surface area contributed by atoms with Crippen LogP contribution in [0.3, 0.4) is 0 Å². The van der Waals surface area contributed by atoms with Crippen molar-refractivity contribution in [3.63, 3.8) is 0 Å². The van der Waals surface area contributed by atoms with E-state index in [9.17, 15) is 29.3 Å². The summed E-state index contributed by atoms with van der Waals surface area (Å²) in [5, 5.41) is 35.7. The zero-order valence-corrected chi connectivity index (χ0v) is 16.7. The number of ether oxygens (including phenoxy) is 2. The van der Waals surface area contributed by atoms with Crippen LogP contribution >= 0.6 is 0 Å². The van der Waals surface area contributed by atoms with Crippen molar-refractivity contribution in [1.29, 1.82) is 0 Å². The third-order valence-electron chi connectivity index (χ3n) is 2.71. The molecule has 0 rings (SSSR count). The summed E-state index contributed by atoms with van der Waals surface area (Å²) in [6.45, 7) is 13.0. The molecule has 0 atom stereocenters. The van der Waals surface area contributed by atoms with E-state index in [2.05, 4.69) is 35.8 Å². The first-order valence-corrected chi connectivity index (χ1v) is 7.82. The van der Waals surface area contributed by atoms with Crippen molar-refractivity contribution < 1.29 is 48.9 Å². The molecule has 0 unspecified atom stereocenters. The molecule has 0 aromatic heterocycles. The minimum atomic E-state index is -2.10. The molecule has 0 saturated heterocycles. The maximum Gasteiger partial charge on any atom is 0.330 e. The van der Waals surface area contributed by atoms with Gasteiger partial charge in [0.15, 0.2) is 13.2 Å². The average Bonchev–Trinajstić information content (AvgIpc) is 2.68. The second-order valence-electron chi connectivity index (χ2n) is 5.43. The number of rotatable bonds is 10. The van der Waals surface area contributed by atoms with E-state index in [1.165, 1.54) is 13.8 Å². The Labute approximate surface area is 172 Å². The molecule has 0 radical (unpaired) electrons. The topological polar surface area (TPSA) is 191 Å². The lowest BCUT2D eigenvalue weighted by molar-refractivity contribution is -0.579. The Bertz CT molecular complexity index is 622. The third kappa shape index (κ3) is 15.3. The number of aliphatic carboxylic acids is 2. The molecule has 12 heteroatoms. The molecule has 168 valence electrons. The van der Waals surface area contributed by atoms with Crippen LogP contribution in [0, 0.1) is 10.1 Å². The highest BCUT2D eigenvalue weighted by atomic mass is 16.6. The highest BCUT2D eigenvalue weighted by Gasteiger charge is 2.45. The molecule has 0 aliphatic rings. The number of carboxylic acid groups (broad SMARTS) is 2. The fourth-order valence-corrected chi connectivity index (χ4v) is 0.825. The molecule has 0 heterocycles. The van der Waals surface area contributed by atoms with Gasteiger partial charge >= 0.3 is 29.4 Å². The molecule has 0 aliphatic carbocycles. The van der Waals surface area contributed by atoms with Gasteiger partial charge in [0.1, 0.15) is 6.61 Å². The first-order chi connectivity index (χ1) is 13.7. The summed E-state index contributed by atoms with van der Waals surface area (Å²) >= 11 is 0. The Hall–Kier alpha value is -3.80. The van der Waals surface area contributed by atoms with E-state index in [4.69, 9.17) is 15.3 Å². The van der Waals surface area contributed by atoms with E-state index in [0.29, 0.717) is 0 Å². The van der Waals surface area contributed by atoms with Crippen LogP contribution in [0.2, 0.25) is 0 Å². The highest BCUT2D eigenvalue weighted by Crippen LogP contribution is 2.12. The number of carboxylic acids is 2. The Morgan fingerprint density at radius 3 is 1.33 bits per heavy atom. The Balaban J connectivity index is -0.000000495. The van der Waals surface area contributed by atoms with Gasteiger partial charge in [0.25, 0.3) is 0 Å². The fourth-order valence-electron chi connectivity index (χ4n) is 0.825. The molecule has 0 bridgehead atoms. The number of esters is 2. The Morgan fingerprint density at radius 2 is 1.20 bits per heavy atom. The number of aliphatic hydroxyl groups is 1. The second kappa shape index (κ2) is 16.2. The maximum absolute atomic E-state index is 10.9. The lowest BCUT2D eigenvalue weighted by Gasteiger charge is -2.21. The number of nitrogens with zero attached hydrogens (tertiary/aromatic N) is 1. The van der Waals surface area contributed by atoms with Gasteiger partial charge in [-0.15, -0.1) is 0 Å². The van der Waals surface area contributed by atoms with E-state index in [-0.39, 0.29) is 11.1 Å². The van der Waals surface area contributed by atoms with E-state index in [0.717, 1.165) is 12.2 Å². The Morgan fingerprint density at radius 1 is 0.933 bits per heavy atom. The predicted octanol–water partition coefficient (Wildman–Crippen LogP) is 0.747. The molecule has 12 nitrogen and oxygen atoms in total. The van der Waals surface area contributed by atoms with E-state index in [1.54, 1.807) is 0 Å². The van der Waals surface area contributed by atoms with Crippen LogP contribution in [0.1, 0.15) is 13.8 Å². The van der Waals surface area contributed by atoms with Crippen LogP contribution in [-0.4, -0.2) is 69.5 Å². The molecule has 0 aromatic carbocycles.